The lowest BCUT2D eigenvalue weighted by atomic mass is 9.98. The third kappa shape index (κ3) is 3.05. The zero-order chi connectivity index (χ0) is 19.0. The molecule has 10 nitrogen and oxygen atoms in total. The van der Waals surface area contributed by atoms with Crippen LogP contribution >= 0.6 is 12.2 Å². The van der Waals surface area contributed by atoms with Crippen LogP contribution in [0, 0.1) is 0 Å². The molecule has 1 fully saturated rings. The van der Waals surface area contributed by atoms with E-state index in [0.717, 1.165) is 0 Å². The van der Waals surface area contributed by atoms with Gasteiger partial charge in [-0.2, -0.15) is 0 Å². The van der Waals surface area contributed by atoms with Gasteiger partial charge in [0.2, 0.25) is 11.0 Å². The molecule has 0 aliphatic carbocycles. The quantitative estimate of drug-likeness (QED) is 0.309. The summed E-state index contributed by atoms with van der Waals surface area (Å²) in [5.74, 6) is -0.407. The molecule has 0 spiro atoms. The molecule has 7 N–H and O–H groups in total. The van der Waals surface area contributed by atoms with Gasteiger partial charge >= 0.3 is 0 Å². The van der Waals surface area contributed by atoms with E-state index in [1.165, 1.54) is 4.57 Å². The van der Waals surface area contributed by atoms with Crippen molar-refractivity contribution in [3.05, 3.63) is 24.3 Å². The number of hydrogen-bond donors (Lipinski definition) is 6. The summed E-state index contributed by atoms with van der Waals surface area (Å²) in [6, 6.07) is 6.69. The van der Waals surface area contributed by atoms with E-state index in [2.05, 4.69) is 22.4 Å². The number of azo groups is 1. The number of hydrogen-bond acceptors (Lipinski definition) is 8. The Bertz CT molecular complexity index is 854. The lowest BCUT2D eigenvalue weighted by Crippen LogP contribution is -2.56. The number of nitrogens with zero attached hydrogens (tertiary/aromatic N) is 3. The monoisotopic (exact) mass is 382 g/mol. The lowest BCUT2D eigenvalue weighted by Gasteiger charge is -2.40. The molecule has 3 rings (SSSR count). The summed E-state index contributed by atoms with van der Waals surface area (Å²) in [5, 5.41) is 57.9. The molecule has 0 bridgehead atoms. The molecule has 11 heteroatoms. The summed E-state index contributed by atoms with van der Waals surface area (Å²) in [6.07, 6.45) is -7.09. The molecule has 0 radical (unpaired) electrons. The van der Waals surface area contributed by atoms with Crippen molar-refractivity contribution < 1.29 is 30.3 Å². The third-order valence-corrected chi connectivity index (χ3v) is 4.31. The van der Waals surface area contributed by atoms with Gasteiger partial charge < -0.3 is 36.0 Å². The Morgan fingerprint density at radius 2 is 1.88 bits per heavy atom. The fourth-order valence-electron chi connectivity index (χ4n) is 2.98. The minimum atomic E-state index is -1.59. The highest BCUT2D eigenvalue weighted by Gasteiger charge is 2.45. The Hall–Kier alpha value is -2.15. The Morgan fingerprint density at radius 3 is 2.54 bits per heavy atom. The van der Waals surface area contributed by atoms with Crippen LogP contribution in [-0.4, -0.2) is 66.2 Å². The molecular weight excluding hydrogens is 364 g/mol. The van der Waals surface area contributed by atoms with Crippen LogP contribution in [0.3, 0.4) is 0 Å². The topological polar surface area (TPSA) is 166 Å². The maximum atomic E-state index is 10.6. The molecule has 2 heterocycles. The largest absolute Gasteiger partial charge is 0.493 e. The van der Waals surface area contributed by atoms with Crippen molar-refractivity contribution in [3.8, 4) is 5.88 Å². The first-order valence-corrected chi connectivity index (χ1v) is 8.11. The van der Waals surface area contributed by atoms with Crippen molar-refractivity contribution in [1.82, 2.24) is 4.57 Å². The normalized spacial score (nSPS) is 29.5. The molecule has 5 atom stereocenters. The zero-order valence-corrected chi connectivity index (χ0v) is 14.2. The van der Waals surface area contributed by atoms with Gasteiger partial charge in [-0.25, -0.2) is 0 Å². The number of benzene rings is 1. The second kappa shape index (κ2) is 7.23. The number of aliphatic hydroxyl groups excluding tert-OH is 4. The fourth-order valence-corrected chi connectivity index (χ4v) is 3.02. The van der Waals surface area contributed by atoms with Crippen LogP contribution in [-0.2, 0) is 4.74 Å². The van der Waals surface area contributed by atoms with Gasteiger partial charge in [-0.3, -0.25) is 4.57 Å². The van der Waals surface area contributed by atoms with E-state index in [0.29, 0.717) is 10.9 Å². The third-order valence-electron chi connectivity index (χ3n) is 4.23. The average molecular weight is 382 g/mol. The molecule has 1 aromatic carbocycles. The van der Waals surface area contributed by atoms with Crippen LogP contribution in [0.4, 0.5) is 5.69 Å². The first kappa shape index (κ1) is 18.6. The van der Waals surface area contributed by atoms with E-state index in [-0.39, 0.29) is 10.8 Å². The number of aliphatic hydroxyl groups is 4. The highest BCUT2D eigenvalue weighted by Crippen LogP contribution is 2.43. The van der Waals surface area contributed by atoms with Crippen LogP contribution in [0.5, 0.6) is 5.88 Å². The van der Waals surface area contributed by atoms with Gasteiger partial charge in [-0.05, 0) is 18.3 Å². The summed E-state index contributed by atoms with van der Waals surface area (Å²) in [6.45, 7) is -0.588. The first-order valence-electron chi connectivity index (χ1n) is 7.70. The minimum absolute atomic E-state index is 0.0466. The maximum Gasteiger partial charge on any atom is 0.223 e. The van der Waals surface area contributed by atoms with Gasteiger partial charge in [0.05, 0.1) is 12.1 Å². The second-order valence-electron chi connectivity index (χ2n) is 5.82. The van der Waals surface area contributed by atoms with Gasteiger partial charge in [-0.15, -0.1) is 10.2 Å². The number of rotatable bonds is 3. The maximum absolute atomic E-state index is 10.6. The van der Waals surface area contributed by atoms with Gasteiger partial charge in [-0.1, -0.05) is 18.2 Å². The molecule has 1 aromatic heterocycles. The van der Waals surface area contributed by atoms with Gasteiger partial charge in [0.15, 0.2) is 11.9 Å². The molecule has 1 saturated heterocycles. The van der Waals surface area contributed by atoms with E-state index in [1.54, 1.807) is 24.3 Å². The van der Waals surface area contributed by atoms with Crippen molar-refractivity contribution >= 4 is 33.9 Å². The first-order chi connectivity index (χ1) is 12.4. The fraction of sp³-hybridized carbons (Fsp3) is 0.400. The highest BCUT2D eigenvalue weighted by molar-refractivity contribution is 7.80. The Balaban J connectivity index is 2.15. The van der Waals surface area contributed by atoms with Gasteiger partial charge in [0.25, 0.3) is 0 Å². The molecule has 26 heavy (non-hydrogen) atoms. The number of nitrogens with two attached hydrogens (primary N) is 1. The molecule has 0 saturated carbocycles. The van der Waals surface area contributed by atoms with Crippen LogP contribution < -0.4 is 5.73 Å². The molecule has 0 unspecified atom stereocenters. The lowest BCUT2D eigenvalue weighted by molar-refractivity contribution is -0.251. The van der Waals surface area contributed by atoms with E-state index < -0.39 is 43.1 Å². The Labute approximate surface area is 152 Å². The molecule has 1 aliphatic rings. The van der Waals surface area contributed by atoms with Crippen molar-refractivity contribution in [2.24, 2.45) is 16.0 Å². The molecule has 140 valence electrons. The van der Waals surface area contributed by atoms with E-state index >= 15 is 0 Å². The van der Waals surface area contributed by atoms with Crippen molar-refractivity contribution in [3.63, 3.8) is 0 Å². The number of thiocarbonyl (C=S) groups is 1. The Morgan fingerprint density at radius 1 is 1.19 bits per heavy atom. The Kier molecular flexibility index (Phi) is 5.18. The zero-order valence-electron chi connectivity index (χ0n) is 13.4. The predicted octanol–water partition coefficient (Wildman–Crippen LogP) is -0.353. The number of fused-ring (bicyclic) bond motifs is 1. The number of aromatic nitrogens is 1. The van der Waals surface area contributed by atoms with Crippen molar-refractivity contribution in [2.75, 3.05) is 6.61 Å². The van der Waals surface area contributed by atoms with Crippen molar-refractivity contribution in [1.29, 1.82) is 0 Å². The van der Waals surface area contributed by atoms with Crippen LogP contribution in [0.25, 0.3) is 10.9 Å². The molecule has 0 amide bonds. The highest BCUT2D eigenvalue weighted by atomic mass is 32.1. The number of aromatic hydroxyl groups is 1. The summed E-state index contributed by atoms with van der Waals surface area (Å²) in [4.78, 5) is 0. The smallest absolute Gasteiger partial charge is 0.223 e. The standard InChI is InChI=1S/C15H18N4O6S/c16-15(26)18-17-9-6-3-1-2-4-7(6)19(13(9)24)14-12(23)11(22)10(21)8(5-20)25-14/h1-4,8,10-12,14,20-24H,5H2,(H2,16,26)/t8-,10-,11+,12-,14-/m1/s1. The van der Waals surface area contributed by atoms with Crippen LogP contribution in [0.15, 0.2) is 34.5 Å². The number of para-hydroxylation sites is 1. The van der Waals surface area contributed by atoms with Gasteiger partial charge in [0, 0.05) is 5.39 Å². The molecule has 2 aromatic rings. The average Bonchev–Trinajstić information content (AvgIpc) is 2.90. The summed E-state index contributed by atoms with van der Waals surface area (Å²) in [7, 11) is 0. The summed E-state index contributed by atoms with van der Waals surface area (Å²) < 4.78 is 6.71. The van der Waals surface area contributed by atoms with Crippen molar-refractivity contribution in [2.45, 2.75) is 30.6 Å². The summed E-state index contributed by atoms with van der Waals surface area (Å²) in [5.41, 5.74) is 5.77. The molecule has 1 aliphatic heterocycles. The minimum Gasteiger partial charge on any atom is -0.493 e. The van der Waals surface area contributed by atoms with Gasteiger partial charge in [0.1, 0.15) is 24.4 Å². The van der Waals surface area contributed by atoms with E-state index in [4.69, 9.17) is 10.5 Å². The summed E-state index contributed by atoms with van der Waals surface area (Å²) >= 11 is 4.65. The number of ether oxygens (including phenoxy) is 1. The predicted molar refractivity (Wildman–Crippen MR) is 93.9 cm³/mol. The second-order valence-corrected chi connectivity index (χ2v) is 6.24. The SMILES string of the molecule is NC(=S)N=Nc1c(O)n([C@@H]2O[C@H](CO)[C@@H](O)[C@H](O)[C@H]2O)c2ccccc12. The van der Waals surface area contributed by atoms with E-state index in [1.807, 2.05) is 0 Å². The van der Waals surface area contributed by atoms with E-state index in [9.17, 15) is 25.5 Å². The van der Waals surface area contributed by atoms with Crippen LogP contribution in [0.2, 0.25) is 0 Å². The van der Waals surface area contributed by atoms with Crippen LogP contribution in [0.1, 0.15) is 6.23 Å². The molecular formula is C15H18N4O6S.